The number of hydrogen-bond acceptors (Lipinski definition) is 0. The van der Waals surface area contributed by atoms with Gasteiger partial charge in [0.05, 0.1) is 0 Å². The van der Waals surface area contributed by atoms with Crippen LogP contribution in [0.15, 0.2) is 0 Å². The molecule has 0 saturated heterocycles. The minimum Gasteiger partial charge on any atom is -0.0654 e. The van der Waals surface area contributed by atoms with Gasteiger partial charge in [0, 0.05) is 0 Å². The first-order chi connectivity index (χ1) is 5.15. The largest absolute Gasteiger partial charge is 0.0654 e. The Morgan fingerprint density at radius 2 is 1.82 bits per heavy atom. The topological polar surface area (TPSA) is 0 Å². The Labute approximate surface area is 70.4 Å². The van der Waals surface area contributed by atoms with Crippen LogP contribution in [0, 0.1) is 16.7 Å². The van der Waals surface area contributed by atoms with Crippen LogP contribution in [0.4, 0.5) is 0 Å². The highest BCUT2D eigenvalue weighted by atomic mass is 14.9. The summed E-state index contributed by atoms with van der Waals surface area (Å²) in [5, 5.41) is 0. The SMILES string of the molecule is CCCCCC1C2(C)CC12C. The summed E-state index contributed by atoms with van der Waals surface area (Å²) in [6.07, 6.45) is 7.34. The van der Waals surface area contributed by atoms with Crippen molar-refractivity contribution in [2.24, 2.45) is 16.7 Å². The van der Waals surface area contributed by atoms with E-state index in [1.54, 1.807) is 0 Å². The smallest absolute Gasteiger partial charge is 0.0230 e. The lowest BCUT2D eigenvalue weighted by molar-refractivity contribution is 0.424. The Kier molecular flexibility index (Phi) is 1.41. The molecular formula is C11H20. The molecule has 2 fully saturated rings. The van der Waals surface area contributed by atoms with E-state index in [-0.39, 0.29) is 0 Å². The summed E-state index contributed by atoms with van der Waals surface area (Å²) < 4.78 is 0. The van der Waals surface area contributed by atoms with Crippen molar-refractivity contribution in [2.75, 3.05) is 0 Å². The predicted molar refractivity (Wildman–Crippen MR) is 48.5 cm³/mol. The van der Waals surface area contributed by atoms with Gasteiger partial charge >= 0.3 is 0 Å². The van der Waals surface area contributed by atoms with Gasteiger partial charge in [0.2, 0.25) is 0 Å². The standard InChI is InChI=1S/C11H20/c1-4-5-6-7-9-10(2)8-11(9,10)3/h9H,4-8H2,1-3H3. The predicted octanol–water partition coefficient (Wildman–Crippen LogP) is 3.61. The van der Waals surface area contributed by atoms with Crippen molar-refractivity contribution in [3.63, 3.8) is 0 Å². The van der Waals surface area contributed by atoms with Crippen LogP contribution in [0.3, 0.4) is 0 Å². The zero-order valence-electron chi connectivity index (χ0n) is 8.11. The minimum absolute atomic E-state index is 0.820. The Morgan fingerprint density at radius 1 is 1.18 bits per heavy atom. The molecule has 11 heavy (non-hydrogen) atoms. The first-order valence-electron chi connectivity index (χ1n) is 5.15. The van der Waals surface area contributed by atoms with Crippen LogP contribution < -0.4 is 0 Å². The van der Waals surface area contributed by atoms with Gasteiger partial charge in [0.25, 0.3) is 0 Å². The van der Waals surface area contributed by atoms with Crippen molar-refractivity contribution in [3.05, 3.63) is 0 Å². The summed E-state index contributed by atoms with van der Waals surface area (Å²) in [5.74, 6) is 1.11. The lowest BCUT2D eigenvalue weighted by atomic mass is 9.97. The van der Waals surface area contributed by atoms with Gasteiger partial charge in [-0.2, -0.15) is 0 Å². The van der Waals surface area contributed by atoms with Gasteiger partial charge < -0.3 is 0 Å². The van der Waals surface area contributed by atoms with Gasteiger partial charge in [-0.1, -0.05) is 40.0 Å². The highest BCUT2D eigenvalue weighted by molar-refractivity contribution is 5.32. The van der Waals surface area contributed by atoms with Gasteiger partial charge in [-0.05, 0) is 29.6 Å². The zero-order valence-corrected chi connectivity index (χ0v) is 8.11. The Bertz CT molecular complexity index is 159. The fraction of sp³-hybridized carbons (Fsp3) is 1.00. The van der Waals surface area contributed by atoms with Crippen molar-refractivity contribution in [2.45, 2.75) is 52.9 Å². The lowest BCUT2D eigenvalue weighted by Gasteiger charge is -2.08. The molecule has 0 aromatic heterocycles. The van der Waals surface area contributed by atoms with Crippen LogP contribution in [0.5, 0.6) is 0 Å². The summed E-state index contributed by atoms with van der Waals surface area (Å²) in [6.45, 7) is 7.24. The third-order valence-electron chi connectivity index (χ3n) is 4.47. The molecule has 0 radical (unpaired) electrons. The fourth-order valence-corrected chi connectivity index (χ4v) is 3.14. The normalized spacial score (nSPS) is 52.1. The lowest BCUT2D eigenvalue weighted by Crippen LogP contribution is -1.98. The number of hydrogen-bond donors (Lipinski definition) is 0. The average Bonchev–Trinajstić information content (AvgIpc) is 2.64. The van der Waals surface area contributed by atoms with Gasteiger partial charge in [0.1, 0.15) is 0 Å². The molecule has 64 valence electrons. The molecule has 0 heterocycles. The number of rotatable bonds is 4. The number of unbranched alkanes of at least 4 members (excludes halogenated alkanes) is 2. The van der Waals surface area contributed by atoms with Crippen molar-refractivity contribution in [1.82, 2.24) is 0 Å². The maximum Gasteiger partial charge on any atom is -0.0230 e. The quantitative estimate of drug-likeness (QED) is 0.540. The van der Waals surface area contributed by atoms with E-state index in [0.29, 0.717) is 0 Å². The molecule has 2 rings (SSSR count). The molecule has 0 nitrogen and oxygen atoms in total. The van der Waals surface area contributed by atoms with Gasteiger partial charge in [0.15, 0.2) is 0 Å². The maximum absolute atomic E-state index is 2.48. The molecule has 0 amide bonds. The third-order valence-corrected chi connectivity index (χ3v) is 4.47. The summed E-state index contributed by atoms with van der Waals surface area (Å²) in [7, 11) is 0. The zero-order chi connectivity index (χ0) is 8.11. The van der Waals surface area contributed by atoms with E-state index in [0.717, 1.165) is 16.7 Å². The van der Waals surface area contributed by atoms with E-state index < -0.39 is 0 Å². The molecule has 2 aliphatic rings. The van der Waals surface area contributed by atoms with E-state index in [1.165, 1.54) is 32.1 Å². The highest BCUT2D eigenvalue weighted by Gasteiger charge is 2.84. The molecule has 2 saturated carbocycles. The van der Waals surface area contributed by atoms with Crippen molar-refractivity contribution in [3.8, 4) is 0 Å². The van der Waals surface area contributed by atoms with Gasteiger partial charge in [-0.3, -0.25) is 0 Å². The molecule has 0 heteroatoms. The first kappa shape index (κ1) is 7.64. The van der Waals surface area contributed by atoms with E-state index in [2.05, 4.69) is 20.8 Å². The average molecular weight is 152 g/mol. The minimum atomic E-state index is 0.820. The Morgan fingerprint density at radius 3 is 2.18 bits per heavy atom. The molecule has 0 spiro atoms. The molecule has 0 aliphatic heterocycles. The molecule has 2 aliphatic carbocycles. The highest BCUT2D eigenvalue weighted by Crippen LogP contribution is 2.90. The van der Waals surface area contributed by atoms with E-state index in [4.69, 9.17) is 0 Å². The second-order valence-electron chi connectivity index (χ2n) is 5.06. The summed E-state index contributed by atoms with van der Waals surface area (Å²) in [4.78, 5) is 0. The van der Waals surface area contributed by atoms with Crippen LogP contribution in [0.25, 0.3) is 0 Å². The summed E-state index contributed by atoms with van der Waals surface area (Å²) in [6, 6.07) is 0. The molecule has 0 N–H and O–H groups in total. The van der Waals surface area contributed by atoms with E-state index >= 15 is 0 Å². The second kappa shape index (κ2) is 2.02. The monoisotopic (exact) mass is 152 g/mol. The van der Waals surface area contributed by atoms with Crippen LogP contribution in [0.2, 0.25) is 0 Å². The van der Waals surface area contributed by atoms with Crippen molar-refractivity contribution in [1.29, 1.82) is 0 Å². The van der Waals surface area contributed by atoms with Crippen LogP contribution in [0.1, 0.15) is 52.9 Å². The van der Waals surface area contributed by atoms with Crippen molar-refractivity contribution < 1.29 is 0 Å². The first-order valence-corrected chi connectivity index (χ1v) is 5.15. The van der Waals surface area contributed by atoms with E-state index in [1.807, 2.05) is 0 Å². The van der Waals surface area contributed by atoms with Crippen LogP contribution >= 0.6 is 0 Å². The maximum atomic E-state index is 2.48. The molecule has 0 bridgehead atoms. The molecule has 2 atom stereocenters. The Balaban J connectivity index is 1.69. The van der Waals surface area contributed by atoms with E-state index in [9.17, 15) is 0 Å². The molecular weight excluding hydrogens is 132 g/mol. The Hall–Kier alpha value is 0. The fourth-order valence-electron chi connectivity index (χ4n) is 3.14. The third kappa shape index (κ3) is 0.816. The van der Waals surface area contributed by atoms with Gasteiger partial charge in [-0.15, -0.1) is 0 Å². The van der Waals surface area contributed by atoms with Crippen LogP contribution in [-0.2, 0) is 0 Å². The number of fused-ring (bicyclic) bond motifs is 1. The van der Waals surface area contributed by atoms with Crippen molar-refractivity contribution >= 4 is 0 Å². The van der Waals surface area contributed by atoms with Crippen LogP contribution in [-0.4, -0.2) is 0 Å². The second-order valence-corrected chi connectivity index (χ2v) is 5.06. The molecule has 0 aromatic rings. The summed E-state index contributed by atoms with van der Waals surface area (Å²) in [5.41, 5.74) is 1.64. The molecule has 2 unspecified atom stereocenters. The van der Waals surface area contributed by atoms with Gasteiger partial charge in [-0.25, -0.2) is 0 Å². The molecule has 0 aromatic carbocycles. The summed E-state index contributed by atoms with van der Waals surface area (Å²) >= 11 is 0.